The van der Waals surface area contributed by atoms with Gasteiger partial charge in [-0.1, -0.05) is 49.6 Å². The largest absolute Gasteiger partial charge is 0.491 e. The van der Waals surface area contributed by atoms with E-state index >= 15 is 0 Å². The summed E-state index contributed by atoms with van der Waals surface area (Å²) in [6, 6.07) is 15.0. The maximum atomic E-state index is 9.67. The lowest BCUT2D eigenvalue weighted by Crippen LogP contribution is -2.17. The Kier molecular flexibility index (Phi) is 8.89. The normalized spacial score (nSPS) is 12.8. The van der Waals surface area contributed by atoms with Gasteiger partial charge in [0.25, 0.3) is 0 Å². The van der Waals surface area contributed by atoms with Crippen LogP contribution < -0.4 is 9.47 Å². The van der Waals surface area contributed by atoms with Crippen LogP contribution in [0, 0.1) is 0 Å². The van der Waals surface area contributed by atoms with Crippen LogP contribution in [0.5, 0.6) is 11.5 Å². The molecule has 0 aromatic heterocycles. The zero-order valence-corrected chi connectivity index (χ0v) is 16.8. The average molecular weight is 400 g/mol. The molecule has 2 aromatic rings. The van der Waals surface area contributed by atoms with Gasteiger partial charge in [0.15, 0.2) is 19.4 Å². The molecule has 0 aliphatic rings. The molecular formula is C23H28O6. The summed E-state index contributed by atoms with van der Waals surface area (Å²) in [4.78, 5) is 0. The van der Waals surface area contributed by atoms with Crippen molar-refractivity contribution in [1.29, 1.82) is 0 Å². The lowest BCUT2D eigenvalue weighted by molar-refractivity contribution is -0.120. The van der Waals surface area contributed by atoms with E-state index in [-0.39, 0.29) is 20.0 Å². The number of ether oxygens (including phenoxy) is 4. The van der Waals surface area contributed by atoms with Crippen LogP contribution in [0.25, 0.3) is 11.1 Å². The number of para-hydroxylation sites is 2. The van der Waals surface area contributed by atoms with Crippen LogP contribution in [0.3, 0.4) is 0 Å². The van der Waals surface area contributed by atoms with Crippen LogP contribution >= 0.6 is 0 Å². The van der Waals surface area contributed by atoms with Crippen LogP contribution in [0.1, 0.15) is 13.8 Å². The average Bonchev–Trinajstić information content (AvgIpc) is 2.71. The molecule has 0 heterocycles. The Morgan fingerprint density at radius 1 is 0.759 bits per heavy atom. The Hall–Kier alpha value is -2.64. The van der Waals surface area contributed by atoms with Crippen LogP contribution in [-0.4, -0.2) is 42.8 Å². The molecule has 0 spiro atoms. The van der Waals surface area contributed by atoms with Gasteiger partial charge in [-0.3, -0.25) is 0 Å². The van der Waals surface area contributed by atoms with Gasteiger partial charge < -0.3 is 29.2 Å². The van der Waals surface area contributed by atoms with Crippen LogP contribution in [0.2, 0.25) is 0 Å². The number of rotatable bonds is 12. The molecule has 0 radical (unpaired) electrons. The van der Waals surface area contributed by atoms with E-state index in [1.807, 2.05) is 48.5 Å². The first-order chi connectivity index (χ1) is 13.9. The smallest absolute Gasteiger partial charge is 0.192 e. The summed E-state index contributed by atoms with van der Waals surface area (Å²) >= 11 is 0. The van der Waals surface area contributed by atoms with Crippen molar-refractivity contribution in [3.05, 3.63) is 72.8 Å². The van der Waals surface area contributed by atoms with Gasteiger partial charge in [0.05, 0.1) is 6.61 Å². The Morgan fingerprint density at radius 3 is 1.79 bits per heavy atom. The van der Waals surface area contributed by atoms with Gasteiger partial charge >= 0.3 is 0 Å². The zero-order valence-electron chi connectivity index (χ0n) is 16.8. The first-order valence-electron chi connectivity index (χ1n) is 9.24. The lowest BCUT2D eigenvalue weighted by Gasteiger charge is -2.17. The van der Waals surface area contributed by atoms with Gasteiger partial charge in [-0.05, 0) is 37.1 Å². The van der Waals surface area contributed by atoms with Gasteiger partial charge in [-0.15, -0.1) is 0 Å². The van der Waals surface area contributed by atoms with Crippen molar-refractivity contribution in [2.45, 2.75) is 26.4 Å². The van der Waals surface area contributed by atoms with E-state index in [0.29, 0.717) is 22.6 Å². The van der Waals surface area contributed by atoms with E-state index in [1.54, 1.807) is 13.8 Å². The van der Waals surface area contributed by atoms with Crippen LogP contribution in [-0.2, 0) is 9.47 Å². The quantitative estimate of drug-likeness (QED) is 0.320. The van der Waals surface area contributed by atoms with Crippen LogP contribution in [0.15, 0.2) is 72.8 Å². The number of hydrogen-bond acceptors (Lipinski definition) is 6. The molecule has 0 bridgehead atoms. The molecule has 2 rings (SSSR count). The predicted octanol–water partition coefficient (Wildman–Crippen LogP) is 3.89. The van der Waals surface area contributed by atoms with E-state index in [9.17, 15) is 10.2 Å². The molecule has 2 aromatic carbocycles. The van der Waals surface area contributed by atoms with Gasteiger partial charge in [-0.25, -0.2) is 0 Å². The van der Waals surface area contributed by atoms with Crippen molar-refractivity contribution >= 4 is 0 Å². The summed E-state index contributed by atoms with van der Waals surface area (Å²) in [5.41, 5.74) is 2.69. The number of benzene rings is 2. The molecule has 0 aliphatic carbocycles. The van der Waals surface area contributed by atoms with E-state index in [4.69, 9.17) is 18.9 Å². The Morgan fingerprint density at radius 2 is 1.24 bits per heavy atom. The third-order valence-electron chi connectivity index (χ3n) is 3.96. The molecule has 29 heavy (non-hydrogen) atoms. The van der Waals surface area contributed by atoms with Crippen molar-refractivity contribution in [1.82, 2.24) is 0 Å². The lowest BCUT2D eigenvalue weighted by atomic mass is 10.0. The van der Waals surface area contributed by atoms with Gasteiger partial charge in [0.2, 0.25) is 0 Å². The first-order valence-corrected chi connectivity index (χ1v) is 9.24. The zero-order chi connectivity index (χ0) is 21.2. The fourth-order valence-electron chi connectivity index (χ4n) is 2.39. The topological polar surface area (TPSA) is 77.4 Å². The van der Waals surface area contributed by atoms with Gasteiger partial charge in [-0.2, -0.15) is 0 Å². The molecule has 0 aliphatic heterocycles. The van der Waals surface area contributed by atoms with Crippen LogP contribution in [0.4, 0.5) is 0 Å². The second-order valence-corrected chi connectivity index (χ2v) is 6.54. The second-order valence-electron chi connectivity index (χ2n) is 6.54. The highest BCUT2D eigenvalue weighted by atomic mass is 16.7. The highest BCUT2D eigenvalue weighted by Crippen LogP contribution is 2.36. The number of aliphatic hydroxyl groups is 2. The van der Waals surface area contributed by atoms with Gasteiger partial charge in [0, 0.05) is 11.1 Å². The molecule has 6 nitrogen and oxygen atoms in total. The third-order valence-corrected chi connectivity index (χ3v) is 3.96. The summed E-state index contributed by atoms with van der Waals surface area (Å²) in [5.74, 6) is 1.24. The fourth-order valence-corrected chi connectivity index (χ4v) is 2.39. The summed E-state index contributed by atoms with van der Waals surface area (Å²) in [7, 11) is 0. The van der Waals surface area contributed by atoms with Crippen molar-refractivity contribution in [3.8, 4) is 22.6 Å². The minimum absolute atomic E-state index is 0.124. The minimum atomic E-state index is -1.08. The molecule has 0 fully saturated rings. The molecule has 0 saturated carbocycles. The minimum Gasteiger partial charge on any atom is -0.491 e. The fraction of sp³-hybridized carbons (Fsp3) is 0.304. The molecular weight excluding hydrogens is 372 g/mol. The Bertz CT molecular complexity index is 817. The molecule has 6 heteroatoms. The Labute approximate surface area is 171 Å². The highest BCUT2D eigenvalue weighted by molar-refractivity contribution is 5.75. The molecule has 1 unspecified atom stereocenters. The summed E-state index contributed by atoms with van der Waals surface area (Å²) in [5, 5.41) is 19.3. The Balaban J connectivity index is 2.06. The van der Waals surface area contributed by atoms with E-state index < -0.39 is 12.6 Å². The van der Waals surface area contributed by atoms with E-state index in [2.05, 4.69) is 13.2 Å². The molecule has 0 amide bonds. The maximum absolute atomic E-state index is 9.67. The van der Waals surface area contributed by atoms with Crippen molar-refractivity contribution in [3.63, 3.8) is 0 Å². The number of aliphatic hydroxyl groups excluding tert-OH is 2. The number of hydrogen-bond donors (Lipinski definition) is 2. The van der Waals surface area contributed by atoms with Crippen molar-refractivity contribution < 1.29 is 29.2 Å². The summed E-state index contributed by atoms with van der Waals surface area (Å²) in [6.45, 7) is 11.0. The first kappa shape index (κ1) is 22.6. The summed E-state index contributed by atoms with van der Waals surface area (Å²) < 4.78 is 22.0. The SMILES string of the molecule is C=C(C)C(O)OCOc1ccccc1-c1ccccc1OCCO[C@@H](O)C(=C)C. The molecule has 2 atom stereocenters. The summed E-state index contributed by atoms with van der Waals surface area (Å²) in [6.07, 6.45) is -2.08. The van der Waals surface area contributed by atoms with E-state index in [0.717, 1.165) is 11.1 Å². The maximum Gasteiger partial charge on any atom is 0.192 e. The second kappa shape index (κ2) is 11.4. The van der Waals surface area contributed by atoms with E-state index in [1.165, 1.54) is 0 Å². The van der Waals surface area contributed by atoms with Crippen molar-refractivity contribution in [2.24, 2.45) is 0 Å². The predicted molar refractivity (Wildman–Crippen MR) is 112 cm³/mol. The molecule has 156 valence electrons. The van der Waals surface area contributed by atoms with Crippen molar-refractivity contribution in [2.75, 3.05) is 20.0 Å². The molecule has 0 saturated heterocycles. The third kappa shape index (κ3) is 7.03. The standard InChI is InChI=1S/C23H28O6/c1-16(2)22(24)27-14-13-26-20-11-7-5-9-18(20)19-10-6-8-12-21(19)28-15-29-23(25)17(3)4/h5-12,22-25H,1,3,13-15H2,2,4H3/t22-,23?/m1/s1. The molecule has 2 N–H and O–H groups in total. The monoisotopic (exact) mass is 400 g/mol. The van der Waals surface area contributed by atoms with Gasteiger partial charge in [0.1, 0.15) is 18.1 Å². The highest BCUT2D eigenvalue weighted by Gasteiger charge is 2.13.